The summed E-state index contributed by atoms with van der Waals surface area (Å²) < 4.78 is 5.19. The minimum absolute atomic E-state index is 0.260. The van der Waals surface area contributed by atoms with E-state index in [1.54, 1.807) is 13.3 Å². The Hall–Kier alpha value is -3.61. The van der Waals surface area contributed by atoms with E-state index >= 15 is 0 Å². The van der Waals surface area contributed by atoms with E-state index in [4.69, 9.17) is 4.74 Å². The number of methoxy groups -OCH3 is 1. The SMILES string of the molecule is COc1ccc(-c2cc3cc(NC(=O)c4n[nH]c(C)c4C)cnc3[nH]2)cc1. The highest BCUT2D eigenvalue weighted by Crippen LogP contribution is 2.26. The molecule has 0 radical (unpaired) electrons. The Labute approximate surface area is 155 Å². The highest BCUT2D eigenvalue weighted by atomic mass is 16.5. The van der Waals surface area contributed by atoms with Crippen molar-refractivity contribution >= 4 is 22.6 Å². The standard InChI is InChI=1S/C20H19N5O2/c1-11-12(2)24-25-18(11)20(26)22-15-8-14-9-17(23-19(14)21-10-15)13-4-6-16(27-3)7-5-13/h4-10H,1-3H3,(H,21,23)(H,22,26)(H,24,25). The summed E-state index contributed by atoms with van der Waals surface area (Å²) in [5.74, 6) is 0.547. The minimum Gasteiger partial charge on any atom is -0.497 e. The van der Waals surface area contributed by atoms with E-state index in [-0.39, 0.29) is 5.91 Å². The Bertz CT molecular complexity index is 1130. The van der Waals surface area contributed by atoms with E-state index in [2.05, 4.69) is 25.5 Å². The lowest BCUT2D eigenvalue weighted by molar-refractivity contribution is 0.102. The van der Waals surface area contributed by atoms with Crippen LogP contribution in [0, 0.1) is 13.8 Å². The van der Waals surface area contributed by atoms with E-state index in [9.17, 15) is 4.79 Å². The number of ether oxygens (including phenoxy) is 1. The van der Waals surface area contributed by atoms with Crippen LogP contribution in [0.1, 0.15) is 21.7 Å². The quantitative estimate of drug-likeness (QED) is 0.515. The molecule has 0 aliphatic carbocycles. The number of H-pyrrole nitrogens is 2. The normalized spacial score (nSPS) is 10.9. The topological polar surface area (TPSA) is 95.7 Å². The fourth-order valence-electron chi connectivity index (χ4n) is 2.91. The van der Waals surface area contributed by atoms with Crippen molar-refractivity contribution < 1.29 is 9.53 Å². The zero-order valence-electron chi connectivity index (χ0n) is 15.3. The fourth-order valence-corrected chi connectivity index (χ4v) is 2.91. The van der Waals surface area contributed by atoms with Crippen molar-refractivity contribution in [1.29, 1.82) is 0 Å². The van der Waals surface area contributed by atoms with Gasteiger partial charge in [-0.2, -0.15) is 5.10 Å². The summed E-state index contributed by atoms with van der Waals surface area (Å²) >= 11 is 0. The number of hydrogen-bond donors (Lipinski definition) is 3. The maximum Gasteiger partial charge on any atom is 0.276 e. The Morgan fingerprint density at radius 3 is 2.59 bits per heavy atom. The molecule has 1 amide bonds. The molecule has 1 aromatic carbocycles. The van der Waals surface area contributed by atoms with Gasteiger partial charge in [0.2, 0.25) is 0 Å². The number of hydrogen-bond acceptors (Lipinski definition) is 4. The zero-order chi connectivity index (χ0) is 19.0. The molecule has 0 unspecified atom stereocenters. The summed E-state index contributed by atoms with van der Waals surface area (Å²) in [6.45, 7) is 3.75. The molecule has 0 fully saturated rings. The molecular formula is C20H19N5O2. The molecule has 0 spiro atoms. The molecule has 3 heterocycles. The number of benzene rings is 1. The first kappa shape index (κ1) is 16.8. The van der Waals surface area contributed by atoms with Crippen LogP contribution in [-0.2, 0) is 0 Å². The molecule has 0 bridgehead atoms. The molecule has 7 heteroatoms. The number of anilines is 1. The van der Waals surface area contributed by atoms with E-state index < -0.39 is 0 Å². The van der Waals surface area contributed by atoms with Gasteiger partial charge in [-0.05, 0) is 55.8 Å². The average molecular weight is 361 g/mol. The first-order valence-corrected chi connectivity index (χ1v) is 8.51. The van der Waals surface area contributed by atoms with Crippen LogP contribution in [0.25, 0.3) is 22.3 Å². The van der Waals surface area contributed by atoms with Crippen molar-refractivity contribution in [2.75, 3.05) is 12.4 Å². The number of nitrogens with one attached hydrogen (secondary N) is 3. The second kappa shape index (κ2) is 6.60. The number of carbonyl (C=O) groups is 1. The Balaban J connectivity index is 1.60. The van der Waals surface area contributed by atoms with Crippen LogP contribution >= 0.6 is 0 Å². The molecule has 27 heavy (non-hydrogen) atoms. The third-order valence-electron chi connectivity index (χ3n) is 4.60. The van der Waals surface area contributed by atoms with Crippen molar-refractivity contribution in [2.45, 2.75) is 13.8 Å². The largest absolute Gasteiger partial charge is 0.497 e. The predicted octanol–water partition coefficient (Wildman–Crippen LogP) is 3.83. The molecule has 136 valence electrons. The molecule has 0 atom stereocenters. The van der Waals surface area contributed by atoms with Crippen LogP contribution in [0.15, 0.2) is 42.6 Å². The summed E-state index contributed by atoms with van der Waals surface area (Å²) in [7, 11) is 1.64. The maximum absolute atomic E-state index is 12.4. The highest BCUT2D eigenvalue weighted by Gasteiger charge is 2.15. The van der Waals surface area contributed by atoms with Gasteiger partial charge in [0, 0.05) is 22.3 Å². The van der Waals surface area contributed by atoms with Crippen molar-refractivity contribution in [3.05, 3.63) is 59.5 Å². The van der Waals surface area contributed by atoms with Gasteiger partial charge in [0.1, 0.15) is 11.4 Å². The first-order chi connectivity index (χ1) is 13.0. The molecule has 0 saturated heterocycles. The van der Waals surface area contributed by atoms with Gasteiger partial charge in [0.05, 0.1) is 19.0 Å². The molecule has 0 saturated carbocycles. The third-order valence-corrected chi connectivity index (χ3v) is 4.60. The van der Waals surface area contributed by atoms with Crippen molar-refractivity contribution in [1.82, 2.24) is 20.2 Å². The summed E-state index contributed by atoms with van der Waals surface area (Å²) in [4.78, 5) is 20.1. The Morgan fingerprint density at radius 1 is 1.15 bits per heavy atom. The number of carbonyl (C=O) groups excluding carboxylic acids is 1. The number of amides is 1. The molecule has 7 nitrogen and oxygen atoms in total. The van der Waals surface area contributed by atoms with Crippen LogP contribution in [0.3, 0.4) is 0 Å². The van der Waals surface area contributed by atoms with Crippen LogP contribution in [0.5, 0.6) is 5.75 Å². The lowest BCUT2D eigenvalue weighted by Crippen LogP contribution is -2.13. The van der Waals surface area contributed by atoms with Crippen molar-refractivity contribution in [2.24, 2.45) is 0 Å². The van der Waals surface area contributed by atoms with Crippen LogP contribution in [0.2, 0.25) is 0 Å². The molecular weight excluding hydrogens is 342 g/mol. The number of pyridine rings is 1. The number of aromatic amines is 2. The number of rotatable bonds is 4. The lowest BCUT2D eigenvalue weighted by Gasteiger charge is -2.03. The maximum atomic E-state index is 12.4. The number of nitrogens with zero attached hydrogens (tertiary/aromatic N) is 2. The molecule has 4 rings (SSSR count). The lowest BCUT2D eigenvalue weighted by atomic mass is 10.1. The minimum atomic E-state index is -0.260. The molecule has 0 aliphatic rings. The van der Waals surface area contributed by atoms with Crippen LogP contribution in [0.4, 0.5) is 5.69 Å². The molecule has 3 N–H and O–H groups in total. The van der Waals surface area contributed by atoms with E-state index in [0.29, 0.717) is 11.4 Å². The zero-order valence-corrected chi connectivity index (χ0v) is 15.3. The summed E-state index contributed by atoms with van der Waals surface area (Å²) in [5, 5.41) is 10.6. The fraction of sp³-hybridized carbons (Fsp3) is 0.150. The third kappa shape index (κ3) is 3.15. The van der Waals surface area contributed by atoms with Gasteiger partial charge >= 0.3 is 0 Å². The van der Waals surface area contributed by atoms with Crippen molar-refractivity contribution in [3.8, 4) is 17.0 Å². The van der Waals surface area contributed by atoms with Crippen molar-refractivity contribution in [3.63, 3.8) is 0 Å². The van der Waals surface area contributed by atoms with E-state index in [1.807, 2.05) is 50.2 Å². The van der Waals surface area contributed by atoms with E-state index in [0.717, 1.165) is 39.3 Å². The molecule has 0 aliphatic heterocycles. The number of aryl methyl sites for hydroxylation is 1. The first-order valence-electron chi connectivity index (χ1n) is 8.51. The van der Waals surface area contributed by atoms with Crippen LogP contribution < -0.4 is 10.1 Å². The Kier molecular flexibility index (Phi) is 4.12. The summed E-state index contributed by atoms with van der Waals surface area (Å²) in [6, 6.07) is 11.7. The smallest absolute Gasteiger partial charge is 0.276 e. The van der Waals surface area contributed by atoms with Gasteiger partial charge in [-0.15, -0.1) is 0 Å². The van der Waals surface area contributed by atoms with Gasteiger partial charge in [0.25, 0.3) is 5.91 Å². The number of fused-ring (bicyclic) bond motifs is 1. The van der Waals surface area contributed by atoms with Gasteiger partial charge in [-0.25, -0.2) is 4.98 Å². The Morgan fingerprint density at radius 2 is 1.93 bits per heavy atom. The van der Waals surface area contributed by atoms with E-state index in [1.165, 1.54) is 0 Å². The van der Waals surface area contributed by atoms with Gasteiger partial charge in [0.15, 0.2) is 5.69 Å². The molecule has 4 aromatic rings. The molecule has 3 aromatic heterocycles. The van der Waals surface area contributed by atoms with Gasteiger partial charge in [-0.3, -0.25) is 9.89 Å². The average Bonchev–Trinajstić information content (AvgIpc) is 3.25. The summed E-state index contributed by atoms with van der Waals surface area (Å²) in [5.41, 5.74) is 5.46. The monoisotopic (exact) mass is 361 g/mol. The number of aromatic nitrogens is 4. The second-order valence-corrected chi connectivity index (χ2v) is 6.35. The van der Waals surface area contributed by atoms with Gasteiger partial charge < -0.3 is 15.0 Å². The summed E-state index contributed by atoms with van der Waals surface area (Å²) in [6.07, 6.45) is 1.63. The predicted molar refractivity (Wildman–Crippen MR) is 104 cm³/mol. The van der Waals surface area contributed by atoms with Crippen LogP contribution in [-0.4, -0.2) is 33.2 Å². The highest BCUT2D eigenvalue weighted by molar-refractivity contribution is 6.04. The van der Waals surface area contributed by atoms with Gasteiger partial charge in [-0.1, -0.05) is 0 Å². The second-order valence-electron chi connectivity index (χ2n) is 6.35.